The quantitative estimate of drug-likeness (QED) is 0.839. The fourth-order valence-corrected chi connectivity index (χ4v) is 2.22. The van der Waals surface area contributed by atoms with Crippen LogP contribution < -0.4 is 10.6 Å². The fraction of sp³-hybridized carbons (Fsp3) is 0.412. The lowest BCUT2D eigenvalue weighted by Crippen LogP contribution is -2.07. The smallest absolute Gasteiger partial charge is 0.139 e. The second kappa shape index (κ2) is 7.07. The fourth-order valence-electron chi connectivity index (χ4n) is 2.22. The van der Waals surface area contributed by atoms with E-state index in [0.29, 0.717) is 0 Å². The van der Waals surface area contributed by atoms with Gasteiger partial charge in [-0.3, -0.25) is 0 Å². The Labute approximate surface area is 127 Å². The van der Waals surface area contributed by atoms with Gasteiger partial charge < -0.3 is 10.6 Å². The average molecular weight is 284 g/mol. The number of rotatable bonds is 6. The number of hydrogen-bond donors (Lipinski definition) is 2. The van der Waals surface area contributed by atoms with Gasteiger partial charge in [-0.25, -0.2) is 9.97 Å². The Bertz CT molecular complexity index is 590. The van der Waals surface area contributed by atoms with Crippen LogP contribution in [0.2, 0.25) is 0 Å². The van der Waals surface area contributed by atoms with Gasteiger partial charge in [0.15, 0.2) is 0 Å². The third kappa shape index (κ3) is 3.72. The van der Waals surface area contributed by atoms with Crippen molar-refractivity contribution >= 4 is 17.3 Å². The molecule has 0 radical (unpaired) electrons. The van der Waals surface area contributed by atoms with Crippen LogP contribution in [0.1, 0.15) is 37.2 Å². The molecule has 2 rings (SSSR count). The van der Waals surface area contributed by atoms with Gasteiger partial charge in [0, 0.05) is 24.7 Å². The van der Waals surface area contributed by atoms with Crippen molar-refractivity contribution in [3.8, 4) is 0 Å². The number of anilines is 3. The van der Waals surface area contributed by atoms with E-state index in [0.717, 1.165) is 48.0 Å². The summed E-state index contributed by atoms with van der Waals surface area (Å²) in [7, 11) is 1.89. The van der Waals surface area contributed by atoms with E-state index in [1.807, 2.05) is 14.0 Å². The summed E-state index contributed by atoms with van der Waals surface area (Å²) in [6, 6.07) is 8.48. The number of aryl methyl sites for hydroxylation is 2. The number of nitrogens with zero attached hydrogens (tertiary/aromatic N) is 2. The molecule has 0 bridgehead atoms. The number of benzene rings is 1. The molecule has 21 heavy (non-hydrogen) atoms. The van der Waals surface area contributed by atoms with E-state index in [1.165, 1.54) is 5.56 Å². The summed E-state index contributed by atoms with van der Waals surface area (Å²) >= 11 is 0. The monoisotopic (exact) mass is 284 g/mol. The van der Waals surface area contributed by atoms with Crippen molar-refractivity contribution in [2.75, 3.05) is 17.7 Å². The molecule has 1 aromatic heterocycles. The summed E-state index contributed by atoms with van der Waals surface area (Å²) < 4.78 is 0. The van der Waals surface area contributed by atoms with Gasteiger partial charge in [-0.05, 0) is 37.5 Å². The maximum atomic E-state index is 4.65. The zero-order chi connectivity index (χ0) is 15.2. The predicted octanol–water partition coefficient (Wildman–Crippen LogP) is 4.09. The number of aromatic nitrogens is 2. The normalized spacial score (nSPS) is 10.5. The molecule has 0 aliphatic heterocycles. The molecule has 0 unspecified atom stereocenters. The number of nitrogens with one attached hydrogen (secondary N) is 2. The van der Waals surface area contributed by atoms with Crippen molar-refractivity contribution < 1.29 is 0 Å². The molecule has 0 fully saturated rings. The summed E-state index contributed by atoms with van der Waals surface area (Å²) in [5, 5.41) is 6.55. The summed E-state index contributed by atoms with van der Waals surface area (Å²) in [5.74, 6) is 2.64. The molecule has 0 aliphatic carbocycles. The Morgan fingerprint density at radius 1 is 1.00 bits per heavy atom. The molecule has 112 valence electrons. The van der Waals surface area contributed by atoms with Crippen molar-refractivity contribution in [2.45, 2.75) is 40.0 Å². The first-order valence-electron chi connectivity index (χ1n) is 7.59. The summed E-state index contributed by atoms with van der Waals surface area (Å²) in [5.41, 5.74) is 3.43. The first-order chi connectivity index (χ1) is 10.2. The molecule has 0 aliphatic rings. The van der Waals surface area contributed by atoms with Gasteiger partial charge in [0.1, 0.15) is 17.5 Å². The minimum atomic E-state index is 0.875. The van der Waals surface area contributed by atoms with E-state index in [9.17, 15) is 0 Å². The molecule has 2 aromatic rings. The van der Waals surface area contributed by atoms with Gasteiger partial charge in [-0.1, -0.05) is 26.0 Å². The SMILES string of the molecule is CCCc1nc(NC)c(C)c(Nc2ccc(CC)cc2)n1. The van der Waals surface area contributed by atoms with E-state index in [-0.39, 0.29) is 0 Å². The third-order valence-corrected chi connectivity index (χ3v) is 3.53. The van der Waals surface area contributed by atoms with E-state index in [4.69, 9.17) is 0 Å². The summed E-state index contributed by atoms with van der Waals surface area (Å²) in [6.45, 7) is 6.33. The van der Waals surface area contributed by atoms with E-state index < -0.39 is 0 Å². The van der Waals surface area contributed by atoms with Gasteiger partial charge in [-0.2, -0.15) is 0 Å². The molecule has 1 aromatic carbocycles. The third-order valence-electron chi connectivity index (χ3n) is 3.53. The standard InChI is InChI=1S/C17H24N4/c1-5-7-15-20-16(18-4)12(3)17(21-15)19-14-10-8-13(6-2)9-11-14/h8-11H,5-7H2,1-4H3,(H2,18,19,20,21). The lowest BCUT2D eigenvalue weighted by atomic mass is 10.1. The van der Waals surface area contributed by atoms with Crippen molar-refractivity contribution in [1.29, 1.82) is 0 Å². The average Bonchev–Trinajstić information content (AvgIpc) is 2.51. The summed E-state index contributed by atoms with van der Waals surface area (Å²) in [6.07, 6.45) is 2.98. The van der Waals surface area contributed by atoms with Crippen LogP contribution in [0.3, 0.4) is 0 Å². The van der Waals surface area contributed by atoms with E-state index in [2.05, 4.69) is 58.7 Å². The lowest BCUT2D eigenvalue weighted by Gasteiger charge is -2.14. The highest BCUT2D eigenvalue weighted by molar-refractivity contribution is 5.64. The van der Waals surface area contributed by atoms with Crippen LogP contribution >= 0.6 is 0 Å². The molecule has 4 nitrogen and oxygen atoms in total. The second-order valence-electron chi connectivity index (χ2n) is 5.14. The molecular formula is C17H24N4. The first kappa shape index (κ1) is 15.3. The zero-order valence-electron chi connectivity index (χ0n) is 13.3. The minimum absolute atomic E-state index is 0.875. The molecule has 0 saturated carbocycles. The topological polar surface area (TPSA) is 49.8 Å². The highest BCUT2D eigenvalue weighted by Crippen LogP contribution is 2.24. The van der Waals surface area contributed by atoms with Gasteiger partial charge in [0.25, 0.3) is 0 Å². The van der Waals surface area contributed by atoms with Crippen molar-refractivity contribution in [1.82, 2.24) is 9.97 Å². The Balaban J connectivity index is 2.30. The molecule has 1 heterocycles. The van der Waals surface area contributed by atoms with Crippen LogP contribution in [-0.2, 0) is 12.8 Å². The van der Waals surface area contributed by atoms with Crippen LogP contribution in [-0.4, -0.2) is 17.0 Å². The zero-order valence-corrected chi connectivity index (χ0v) is 13.3. The molecule has 2 N–H and O–H groups in total. The van der Waals surface area contributed by atoms with Crippen LogP contribution in [0.4, 0.5) is 17.3 Å². The van der Waals surface area contributed by atoms with Gasteiger partial charge in [0.05, 0.1) is 0 Å². The lowest BCUT2D eigenvalue weighted by molar-refractivity contribution is 0.835. The van der Waals surface area contributed by atoms with Gasteiger partial charge in [0.2, 0.25) is 0 Å². The van der Waals surface area contributed by atoms with Crippen molar-refractivity contribution in [3.05, 3.63) is 41.2 Å². The van der Waals surface area contributed by atoms with Crippen molar-refractivity contribution in [3.63, 3.8) is 0 Å². The molecule has 0 amide bonds. The van der Waals surface area contributed by atoms with E-state index in [1.54, 1.807) is 0 Å². The summed E-state index contributed by atoms with van der Waals surface area (Å²) in [4.78, 5) is 9.19. The Morgan fingerprint density at radius 3 is 2.24 bits per heavy atom. The Kier molecular flexibility index (Phi) is 5.14. The maximum Gasteiger partial charge on any atom is 0.139 e. The maximum absolute atomic E-state index is 4.65. The highest BCUT2D eigenvalue weighted by atomic mass is 15.1. The van der Waals surface area contributed by atoms with Gasteiger partial charge in [-0.15, -0.1) is 0 Å². The van der Waals surface area contributed by atoms with E-state index >= 15 is 0 Å². The predicted molar refractivity (Wildman–Crippen MR) is 89.4 cm³/mol. The Hall–Kier alpha value is -2.10. The van der Waals surface area contributed by atoms with Gasteiger partial charge >= 0.3 is 0 Å². The highest BCUT2D eigenvalue weighted by Gasteiger charge is 2.10. The molecule has 0 spiro atoms. The molecule has 0 atom stereocenters. The van der Waals surface area contributed by atoms with Crippen LogP contribution in [0, 0.1) is 6.92 Å². The Morgan fingerprint density at radius 2 is 1.67 bits per heavy atom. The van der Waals surface area contributed by atoms with Crippen LogP contribution in [0.5, 0.6) is 0 Å². The second-order valence-corrected chi connectivity index (χ2v) is 5.14. The van der Waals surface area contributed by atoms with Crippen LogP contribution in [0.15, 0.2) is 24.3 Å². The first-order valence-corrected chi connectivity index (χ1v) is 7.59. The number of hydrogen-bond acceptors (Lipinski definition) is 4. The molecule has 0 saturated heterocycles. The molecule has 4 heteroatoms. The minimum Gasteiger partial charge on any atom is -0.373 e. The van der Waals surface area contributed by atoms with Crippen molar-refractivity contribution in [2.24, 2.45) is 0 Å². The van der Waals surface area contributed by atoms with Crippen LogP contribution in [0.25, 0.3) is 0 Å². The largest absolute Gasteiger partial charge is 0.373 e. The molecular weight excluding hydrogens is 260 g/mol.